The second-order valence-electron chi connectivity index (χ2n) is 4.70. The summed E-state index contributed by atoms with van der Waals surface area (Å²) in [5.41, 5.74) is -0.449. The highest BCUT2D eigenvalue weighted by molar-refractivity contribution is 7.90. The van der Waals surface area contributed by atoms with E-state index in [2.05, 4.69) is 0 Å². The summed E-state index contributed by atoms with van der Waals surface area (Å²) in [5, 5.41) is 5.31. The molecule has 92 valence electrons. The van der Waals surface area contributed by atoms with Gasteiger partial charge in [0.1, 0.15) is 0 Å². The van der Waals surface area contributed by atoms with Crippen LogP contribution in [0.4, 0.5) is 0 Å². The molecule has 15 heavy (non-hydrogen) atoms. The average Bonchev–Trinajstić information content (AvgIpc) is 2.13. The fourth-order valence-corrected chi connectivity index (χ4v) is 2.72. The average molecular weight is 236 g/mol. The van der Waals surface area contributed by atoms with Crippen LogP contribution in [0.3, 0.4) is 0 Å². The van der Waals surface area contributed by atoms with Crippen LogP contribution in [0.5, 0.6) is 0 Å². The van der Waals surface area contributed by atoms with Gasteiger partial charge in [0.25, 0.3) is 0 Å². The lowest BCUT2D eigenvalue weighted by molar-refractivity contribution is 0.101. The zero-order valence-electron chi connectivity index (χ0n) is 10.7. The number of hydrogen-bond donors (Lipinski definition) is 1. The summed E-state index contributed by atoms with van der Waals surface area (Å²) >= 11 is 0. The van der Waals surface area contributed by atoms with Gasteiger partial charge in [0.2, 0.25) is 10.0 Å². The predicted molar refractivity (Wildman–Crippen MR) is 64.2 cm³/mol. The van der Waals surface area contributed by atoms with Crippen LogP contribution in [-0.4, -0.2) is 37.2 Å². The number of nitrogens with zero attached hydrogens (tertiary/aromatic N) is 1. The lowest BCUT2D eigenvalue weighted by Gasteiger charge is -2.48. The van der Waals surface area contributed by atoms with E-state index in [1.807, 2.05) is 32.7 Å². The zero-order valence-corrected chi connectivity index (χ0v) is 11.5. The molecule has 0 aliphatic rings. The Balaban J connectivity index is 5.48. The molecule has 0 heterocycles. The van der Waals surface area contributed by atoms with Crippen molar-refractivity contribution in [2.24, 2.45) is 5.14 Å². The Kier molecular flexibility index (Phi) is 4.35. The largest absolute Gasteiger partial charge is 0.300 e. The second-order valence-corrected chi connectivity index (χ2v) is 6.81. The summed E-state index contributed by atoms with van der Waals surface area (Å²) in [6.07, 6.45) is 0.737. The van der Waals surface area contributed by atoms with E-state index in [-0.39, 0.29) is 0 Å². The first-order valence-corrected chi connectivity index (χ1v) is 6.82. The molecule has 0 aromatic rings. The van der Waals surface area contributed by atoms with Crippen LogP contribution in [0.2, 0.25) is 0 Å². The lowest BCUT2D eigenvalue weighted by Crippen LogP contribution is -2.63. The van der Waals surface area contributed by atoms with Gasteiger partial charge < -0.3 is 0 Å². The van der Waals surface area contributed by atoms with Crippen molar-refractivity contribution < 1.29 is 8.42 Å². The number of rotatable bonds is 5. The summed E-state index contributed by atoms with van der Waals surface area (Å²) in [6.45, 7) is 10.1. The minimum atomic E-state index is -3.57. The van der Waals surface area contributed by atoms with Crippen molar-refractivity contribution in [3.05, 3.63) is 0 Å². The molecular formula is C10H24N2O2S. The van der Waals surface area contributed by atoms with Crippen LogP contribution in [0, 0.1) is 0 Å². The van der Waals surface area contributed by atoms with Gasteiger partial charge in [0.05, 0.1) is 4.75 Å². The van der Waals surface area contributed by atoms with Gasteiger partial charge in [0.15, 0.2) is 0 Å². The minimum absolute atomic E-state index is 0.449. The lowest BCUT2D eigenvalue weighted by atomic mass is 9.83. The molecule has 0 aromatic carbocycles. The minimum Gasteiger partial charge on any atom is -0.300 e. The topological polar surface area (TPSA) is 63.4 Å². The van der Waals surface area contributed by atoms with Gasteiger partial charge in [-0.05, 0) is 40.8 Å². The highest BCUT2D eigenvalue weighted by atomic mass is 32.2. The predicted octanol–water partition coefficient (Wildman–Crippen LogP) is 1.17. The Morgan fingerprint density at radius 3 is 1.80 bits per heavy atom. The van der Waals surface area contributed by atoms with E-state index in [1.165, 1.54) is 0 Å². The van der Waals surface area contributed by atoms with E-state index >= 15 is 0 Å². The van der Waals surface area contributed by atoms with Crippen LogP contribution >= 0.6 is 0 Å². The van der Waals surface area contributed by atoms with E-state index in [0.717, 1.165) is 13.0 Å². The fraction of sp³-hybridized carbons (Fsp3) is 1.00. The molecule has 0 rings (SSSR count). The molecule has 1 atom stereocenters. The normalized spacial score (nSPS) is 17.9. The van der Waals surface area contributed by atoms with E-state index in [0.29, 0.717) is 0 Å². The Hall–Kier alpha value is -0.130. The van der Waals surface area contributed by atoms with Gasteiger partial charge in [0, 0.05) is 5.54 Å². The third-order valence-corrected chi connectivity index (χ3v) is 5.88. The number of primary sulfonamides is 1. The summed E-state index contributed by atoms with van der Waals surface area (Å²) in [6, 6.07) is 0. The van der Waals surface area contributed by atoms with Gasteiger partial charge in [-0.2, -0.15) is 0 Å². The SMILES string of the molecule is CCN(C)C(C)(CC)C(C)(C)S(N)(=O)=O. The summed E-state index contributed by atoms with van der Waals surface area (Å²) in [4.78, 5) is 2.04. The van der Waals surface area contributed by atoms with Gasteiger partial charge in [-0.1, -0.05) is 13.8 Å². The molecule has 2 N–H and O–H groups in total. The number of nitrogens with two attached hydrogens (primary N) is 1. The first kappa shape index (κ1) is 14.9. The number of sulfonamides is 1. The molecule has 0 fully saturated rings. The molecule has 0 spiro atoms. The van der Waals surface area contributed by atoms with Crippen molar-refractivity contribution in [2.45, 2.75) is 51.3 Å². The molecule has 0 aliphatic carbocycles. The summed E-state index contributed by atoms with van der Waals surface area (Å²) in [5.74, 6) is 0. The molecule has 5 heteroatoms. The van der Waals surface area contributed by atoms with Gasteiger partial charge in [-0.3, -0.25) is 4.90 Å². The molecule has 0 amide bonds. The Morgan fingerprint density at radius 2 is 1.60 bits per heavy atom. The Labute approximate surface area is 93.9 Å². The Bertz CT molecular complexity index is 311. The molecule has 0 saturated heterocycles. The van der Waals surface area contributed by atoms with Crippen molar-refractivity contribution in [3.8, 4) is 0 Å². The molecule has 4 nitrogen and oxygen atoms in total. The highest BCUT2D eigenvalue weighted by Crippen LogP contribution is 2.35. The maximum Gasteiger partial charge on any atom is 0.216 e. The third-order valence-electron chi connectivity index (χ3n) is 4.01. The fourth-order valence-electron chi connectivity index (χ4n) is 1.81. The maximum absolute atomic E-state index is 11.6. The Morgan fingerprint density at radius 1 is 1.20 bits per heavy atom. The van der Waals surface area contributed by atoms with E-state index in [4.69, 9.17) is 5.14 Å². The standard InChI is InChI=1S/C10H24N2O2S/c1-7-10(5,12(6)8-2)9(3,4)15(11,13)14/h7-8H2,1-6H3,(H2,11,13,14). The van der Waals surface area contributed by atoms with E-state index < -0.39 is 20.3 Å². The van der Waals surface area contributed by atoms with E-state index in [1.54, 1.807) is 13.8 Å². The van der Waals surface area contributed by atoms with Gasteiger partial charge in [-0.25, -0.2) is 13.6 Å². The maximum atomic E-state index is 11.6. The molecular weight excluding hydrogens is 212 g/mol. The molecule has 0 saturated carbocycles. The van der Waals surface area contributed by atoms with Crippen LogP contribution < -0.4 is 5.14 Å². The molecule has 0 bridgehead atoms. The molecule has 0 aromatic heterocycles. The van der Waals surface area contributed by atoms with Crippen LogP contribution in [-0.2, 0) is 10.0 Å². The first-order chi connectivity index (χ1) is 6.54. The summed E-state index contributed by atoms with van der Waals surface area (Å²) < 4.78 is 22.3. The zero-order chi connectivity index (χ0) is 12.5. The first-order valence-electron chi connectivity index (χ1n) is 5.28. The quantitative estimate of drug-likeness (QED) is 0.779. The second kappa shape index (κ2) is 4.39. The van der Waals surface area contributed by atoms with Crippen molar-refractivity contribution in [3.63, 3.8) is 0 Å². The van der Waals surface area contributed by atoms with Crippen molar-refractivity contribution in [1.29, 1.82) is 0 Å². The molecule has 0 aliphatic heterocycles. The van der Waals surface area contributed by atoms with Crippen LogP contribution in [0.25, 0.3) is 0 Å². The van der Waals surface area contributed by atoms with Crippen LogP contribution in [0.1, 0.15) is 41.0 Å². The van der Waals surface area contributed by atoms with Crippen LogP contribution in [0.15, 0.2) is 0 Å². The van der Waals surface area contributed by atoms with Crippen molar-refractivity contribution in [1.82, 2.24) is 4.90 Å². The monoisotopic (exact) mass is 236 g/mol. The highest BCUT2D eigenvalue weighted by Gasteiger charge is 2.49. The third kappa shape index (κ3) is 2.34. The van der Waals surface area contributed by atoms with Crippen molar-refractivity contribution in [2.75, 3.05) is 13.6 Å². The smallest absolute Gasteiger partial charge is 0.216 e. The van der Waals surface area contributed by atoms with Crippen molar-refractivity contribution >= 4 is 10.0 Å². The molecule has 0 radical (unpaired) electrons. The van der Waals surface area contributed by atoms with Gasteiger partial charge >= 0.3 is 0 Å². The molecule has 1 unspecified atom stereocenters. The summed E-state index contributed by atoms with van der Waals surface area (Å²) in [7, 11) is -1.64. The van der Waals surface area contributed by atoms with Gasteiger partial charge in [-0.15, -0.1) is 0 Å². The van der Waals surface area contributed by atoms with E-state index in [9.17, 15) is 8.42 Å². The number of hydrogen-bond acceptors (Lipinski definition) is 3.